The Balaban J connectivity index is 0.00000338. The van der Waals surface area contributed by atoms with Gasteiger partial charge in [-0.25, -0.2) is 13.1 Å². The molecule has 0 radical (unpaired) electrons. The second-order valence-electron chi connectivity index (χ2n) is 5.06. The van der Waals surface area contributed by atoms with Crippen LogP contribution in [0.2, 0.25) is 0 Å². The van der Waals surface area contributed by atoms with Crippen LogP contribution in [-0.4, -0.2) is 53.7 Å². The topological polar surface area (TPSA) is 93.1 Å². The van der Waals surface area contributed by atoms with Crippen LogP contribution in [0.15, 0.2) is 35.2 Å². The van der Waals surface area contributed by atoms with Crippen LogP contribution in [0, 0.1) is 0 Å². The molecule has 138 valence electrons. The minimum absolute atomic E-state index is 0. The van der Waals surface area contributed by atoms with Gasteiger partial charge in [-0.15, -0.1) is 4.83 Å². The number of aryl methyl sites for hydroxylation is 1. The number of aromatic nitrogens is 2. The van der Waals surface area contributed by atoms with Gasteiger partial charge in [0.05, 0.1) is 10.6 Å². The van der Waals surface area contributed by atoms with Gasteiger partial charge in [-0.2, -0.15) is 18.3 Å². The van der Waals surface area contributed by atoms with Crippen molar-refractivity contribution in [1.29, 1.82) is 0 Å². The van der Waals surface area contributed by atoms with Crippen LogP contribution in [0.3, 0.4) is 0 Å². The number of amides is 1. The SMILES string of the molecule is CCc1cc(C(F)(F)F)nn1-c1ccc(S(=O)(=O)NNC(C)=O)cc1.[NaH]. The molecule has 0 saturated carbocycles. The number of nitrogens with one attached hydrogen (secondary N) is 2. The summed E-state index contributed by atoms with van der Waals surface area (Å²) in [6.07, 6.45) is -4.26. The van der Waals surface area contributed by atoms with Gasteiger partial charge in [-0.1, -0.05) is 6.92 Å². The molecule has 2 N–H and O–H groups in total. The molecule has 26 heavy (non-hydrogen) atoms. The molecule has 1 amide bonds. The average Bonchev–Trinajstić information content (AvgIpc) is 2.98. The summed E-state index contributed by atoms with van der Waals surface area (Å²) in [7, 11) is -3.98. The number of carbonyl (C=O) groups is 1. The third kappa shape index (κ3) is 5.30. The van der Waals surface area contributed by atoms with E-state index in [0.717, 1.165) is 17.7 Å². The van der Waals surface area contributed by atoms with Crippen LogP contribution in [0.1, 0.15) is 25.2 Å². The summed E-state index contributed by atoms with van der Waals surface area (Å²) in [5.41, 5.74) is 1.55. The summed E-state index contributed by atoms with van der Waals surface area (Å²) in [6, 6.07) is 6.01. The van der Waals surface area contributed by atoms with Gasteiger partial charge in [0.15, 0.2) is 5.69 Å². The van der Waals surface area contributed by atoms with E-state index in [1.165, 1.54) is 24.3 Å². The molecule has 0 saturated heterocycles. The summed E-state index contributed by atoms with van der Waals surface area (Å²) < 4.78 is 63.4. The van der Waals surface area contributed by atoms with Crippen molar-refractivity contribution < 1.29 is 26.4 Å². The predicted octanol–water partition coefficient (Wildman–Crippen LogP) is 1.13. The Morgan fingerprint density at radius 2 is 1.81 bits per heavy atom. The molecule has 2 aromatic rings. The first-order valence-electron chi connectivity index (χ1n) is 7.09. The molecule has 0 spiro atoms. The maximum absolute atomic E-state index is 12.8. The van der Waals surface area contributed by atoms with Crippen molar-refractivity contribution in [1.82, 2.24) is 20.0 Å². The molecule has 0 bridgehead atoms. The molecule has 0 aliphatic carbocycles. The maximum atomic E-state index is 12.8. The van der Waals surface area contributed by atoms with Crippen molar-refractivity contribution >= 4 is 45.5 Å². The molecule has 0 fully saturated rings. The zero-order valence-corrected chi connectivity index (χ0v) is 14.1. The number of hydrogen-bond donors (Lipinski definition) is 2. The van der Waals surface area contributed by atoms with E-state index >= 15 is 0 Å². The van der Waals surface area contributed by atoms with Gasteiger partial charge in [0, 0.05) is 12.6 Å². The Hall–Kier alpha value is -1.40. The van der Waals surface area contributed by atoms with Gasteiger partial charge in [0.25, 0.3) is 10.0 Å². The summed E-state index contributed by atoms with van der Waals surface area (Å²) in [5.74, 6) is -0.594. The van der Waals surface area contributed by atoms with Crippen molar-refractivity contribution in [3.63, 3.8) is 0 Å². The summed E-state index contributed by atoms with van der Waals surface area (Å²) >= 11 is 0. The van der Waals surface area contributed by atoms with E-state index in [0.29, 0.717) is 12.1 Å². The Morgan fingerprint density at radius 1 is 1.23 bits per heavy atom. The van der Waals surface area contributed by atoms with Crippen molar-refractivity contribution in [3.8, 4) is 5.69 Å². The van der Waals surface area contributed by atoms with Gasteiger partial charge in [0.2, 0.25) is 5.91 Å². The van der Waals surface area contributed by atoms with Crippen LogP contribution in [0.4, 0.5) is 13.2 Å². The van der Waals surface area contributed by atoms with Crippen molar-refractivity contribution in [2.24, 2.45) is 0 Å². The quantitative estimate of drug-likeness (QED) is 0.581. The van der Waals surface area contributed by atoms with E-state index in [1.54, 1.807) is 6.92 Å². The molecule has 1 heterocycles. The van der Waals surface area contributed by atoms with E-state index < -0.39 is 27.8 Å². The first kappa shape index (κ1) is 22.6. The molecule has 2 rings (SSSR count). The number of carbonyl (C=O) groups excluding carboxylic acids is 1. The zero-order valence-electron chi connectivity index (χ0n) is 13.3. The summed E-state index contributed by atoms with van der Waals surface area (Å²) in [6.45, 7) is 2.82. The second-order valence-corrected chi connectivity index (χ2v) is 6.75. The molecule has 0 aliphatic rings. The molecule has 12 heteroatoms. The fourth-order valence-corrected chi connectivity index (χ4v) is 2.89. The minimum atomic E-state index is -4.57. The van der Waals surface area contributed by atoms with E-state index in [9.17, 15) is 26.4 Å². The van der Waals surface area contributed by atoms with Crippen LogP contribution in [-0.2, 0) is 27.4 Å². The Kier molecular flexibility index (Phi) is 7.42. The normalized spacial score (nSPS) is 11.7. The fraction of sp³-hybridized carbons (Fsp3) is 0.286. The van der Waals surface area contributed by atoms with E-state index in [4.69, 9.17) is 0 Å². The van der Waals surface area contributed by atoms with Crippen molar-refractivity contribution in [2.75, 3.05) is 0 Å². The van der Waals surface area contributed by atoms with Gasteiger partial charge in [-0.3, -0.25) is 10.2 Å². The Labute approximate surface area is 170 Å². The standard InChI is InChI=1S/C14H15F3N4O3S.Na.H/c1-3-10-8-13(14(15,16)17)19-21(10)11-4-6-12(7-5-11)25(23,24)20-18-9(2)22;;/h4-8,20H,3H2,1-2H3,(H,18,22);;. The van der Waals surface area contributed by atoms with Crippen LogP contribution < -0.4 is 10.3 Å². The van der Waals surface area contributed by atoms with E-state index in [1.807, 2.05) is 10.3 Å². The zero-order chi connectivity index (χ0) is 18.8. The summed E-state index contributed by atoms with van der Waals surface area (Å²) in [5, 5.41) is 3.54. The molecule has 0 atom stereocenters. The first-order chi connectivity index (χ1) is 11.5. The number of alkyl halides is 3. The fourth-order valence-electron chi connectivity index (χ4n) is 2.00. The number of nitrogens with zero attached hydrogens (tertiary/aromatic N) is 2. The first-order valence-corrected chi connectivity index (χ1v) is 8.58. The molecule has 7 nitrogen and oxygen atoms in total. The number of hydrazine groups is 1. The number of rotatable bonds is 5. The molecular formula is C14H16F3N4NaO3S. The molecule has 0 unspecified atom stereocenters. The number of benzene rings is 1. The van der Waals surface area contributed by atoms with Gasteiger partial charge < -0.3 is 0 Å². The van der Waals surface area contributed by atoms with Gasteiger partial charge in [-0.05, 0) is 36.8 Å². The van der Waals surface area contributed by atoms with Crippen LogP contribution in [0.25, 0.3) is 5.69 Å². The average molecular weight is 400 g/mol. The van der Waals surface area contributed by atoms with Crippen LogP contribution >= 0.6 is 0 Å². The second kappa shape index (κ2) is 8.53. The number of halogens is 3. The number of hydrogen-bond acceptors (Lipinski definition) is 4. The van der Waals surface area contributed by atoms with Gasteiger partial charge in [0.1, 0.15) is 0 Å². The number of sulfonamides is 1. The predicted molar refractivity (Wildman–Crippen MR) is 89.2 cm³/mol. The van der Waals surface area contributed by atoms with Crippen LogP contribution in [0.5, 0.6) is 0 Å². The van der Waals surface area contributed by atoms with Crippen molar-refractivity contribution in [2.45, 2.75) is 31.3 Å². The van der Waals surface area contributed by atoms with E-state index in [2.05, 4.69) is 5.10 Å². The summed E-state index contributed by atoms with van der Waals surface area (Å²) in [4.78, 5) is 12.5. The Morgan fingerprint density at radius 3 is 2.27 bits per heavy atom. The molecule has 1 aromatic carbocycles. The molecule has 1 aromatic heterocycles. The van der Waals surface area contributed by atoms with E-state index in [-0.39, 0.29) is 40.1 Å². The third-order valence-corrected chi connectivity index (χ3v) is 4.45. The molecule has 0 aliphatic heterocycles. The Bertz CT molecular complexity index is 880. The van der Waals surface area contributed by atoms with Crippen molar-refractivity contribution in [3.05, 3.63) is 41.7 Å². The monoisotopic (exact) mass is 400 g/mol. The molecular weight excluding hydrogens is 384 g/mol. The third-order valence-electron chi connectivity index (χ3n) is 3.19. The van der Waals surface area contributed by atoms with Gasteiger partial charge >= 0.3 is 35.7 Å².